The molecule has 0 aliphatic carbocycles. The minimum atomic E-state index is 0.488. The average molecular weight is 157 g/mol. The van der Waals surface area contributed by atoms with Gasteiger partial charge < -0.3 is 4.90 Å². The van der Waals surface area contributed by atoms with Gasteiger partial charge in [-0.15, -0.1) is 0 Å². The number of rotatable bonds is 5. The second-order valence-electron chi connectivity index (χ2n) is 3.04. The second-order valence-corrected chi connectivity index (χ2v) is 3.04. The van der Waals surface area contributed by atoms with Crippen LogP contribution in [0.4, 0.5) is 0 Å². The van der Waals surface area contributed by atoms with Crippen molar-refractivity contribution in [3.8, 4) is 0 Å². The van der Waals surface area contributed by atoms with Crippen LogP contribution < -0.4 is 0 Å². The molecule has 0 radical (unpaired) electrons. The number of hydrogen-bond acceptors (Lipinski definition) is 3. The van der Waals surface area contributed by atoms with E-state index in [1.54, 1.807) is 0 Å². The largest absolute Gasteiger partial charge is 0.307 e. The Morgan fingerprint density at radius 2 is 1.91 bits per heavy atom. The molecule has 11 heavy (non-hydrogen) atoms. The van der Waals surface area contributed by atoms with Gasteiger partial charge in [0.2, 0.25) is 0 Å². The first-order valence-electron chi connectivity index (χ1n) is 3.96. The molecular formula is C8H19N3. The zero-order valence-corrected chi connectivity index (χ0v) is 8.04. The third kappa shape index (κ3) is 3.98. The predicted octanol–water partition coefficient (Wildman–Crippen LogP) is 0.874. The Balaban J connectivity index is 3.83. The summed E-state index contributed by atoms with van der Waals surface area (Å²) >= 11 is 0. The highest BCUT2D eigenvalue weighted by Crippen LogP contribution is 2.01. The first-order chi connectivity index (χ1) is 5.11. The van der Waals surface area contributed by atoms with Crippen molar-refractivity contribution in [3.05, 3.63) is 0 Å². The van der Waals surface area contributed by atoms with E-state index in [0.717, 1.165) is 13.0 Å². The van der Waals surface area contributed by atoms with Gasteiger partial charge in [-0.2, -0.15) is 5.10 Å². The van der Waals surface area contributed by atoms with E-state index in [2.05, 4.69) is 37.7 Å². The molecule has 0 aromatic carbocycles. The van der Waals surface area contributed by atoms with Crippen LogP contribution in [0.2, 0.25) is 0 Å². The van der Waals surface area contributed by atoms with Crippen molar-refractivity contribution in [1.82, 2.24) is 9.91 Å². The molecule has 0 N–H and O–H groups in total. The van der Waals surface area contributed by atoms with E-state index in [4.69, 9.17) is 0 Å². The summed E-state index contributed by atoms with van der Waals surface area (Å²) in [6.45, 7) is 6.69. The van der Waals surface area contributed by atoms with Gasteiger partial charge in [-0.1, -0.05) is 6.92 Å². The third-order valence-electron chi connectivity index (χ3n) is 1.80. The highest BCUT2D eigenvalue weighted by molar-refractivity contribution is 5.22. The van der Waals surface area contributed by atoms with Crippen LogP contribution in [0.25, 0.3) is 0 Å². The van der Waals surface area contributed by atoms with Crippen molar-refractivity contribution in [3.63, 3.8) is 0 Å². The fourth-order valence-corrected chi connectivity index (χ4v) is 1.05. The second kappa shape index (κ2) is 5.13. The maximum Gasteiger partial charge on any atom is 0.0591 e. The summed E-state index contributed by atoms with van der Waals surface area (Å²) in [6, 6.07) is 0.488. The van der Waals surface area contributed by atoms with Crippen LogP contribution in [0.5, 0.6) is 0 Å². The van der Waals surface area contributed by atoms with Crippen molar-refractivity contribution < 1.29 is 0 Å². The van der Waals surface area contributed by atoms with E-state index < -0.39 is 0 Å². The molecule has 0 aliphatic heterocycles. The van der Waals surface area contributed by atoms with Gasteiger partial charge in [-0.3, -0.25) is 5.01 Å². The zero-order chi connectivity index (χ0) is 8.85. The van der Waals surface area contributed by atoms with Gasteiger partial charge in [-0.05, 0) is 20.5 Å². The van der Waals surface area contributed by atoms with E-state index >= 15 is 0 Å². The van der Waals surface area contributed by atoms with E-state index in [0.29, 0.717) is 6.04 Å². The summed E-state index contributed by atoms with van der Waals surface area (Å²) in [7, 11) is 6.10. The van der Waals surface area contributed by atoms with E-state index in [1.165, 1.54) is 0 Å². The Labute approximate surface area is 69.7 Å². The molecule has 0 bridgehead atoms. The first kappa shape index (κ1) is 10.4. The molecular weight excluding hydrogens is 138 g/mol. The van der Waals surface area contributed by atoms with Crippen molar-refractivity contribution in [1.29, 1.82) is 0 Å². The van der Waals surface area contributed by atoms with Crippen LogP contribution in [-0.4, -0.2) is 50.4 Å². The standard InChI is InChI=1S/C8H19N3/c1-6-8(7-10(3)4)11(5)9-2/h8H,2,6-7H2,1,3-5H3. The number of hydrazone groups is 1. The van der Waals surface area contributed by atoms with Crippen LogP contribution in [0.3, 0.4) is 0 Å². The molecule has 0 spiro atoms. The highest BCUT2D eigenvalue weighted by Gasteiger charge is 2.10. The summed E-state index contributed by atoms with van der Waals surface area (Å²) < 4.78 is 0. The third-order valence-corrected chi connectivity index (χ3v) is 1.80. The molecule has 3 nitrogen and oxygen atoms in total. The number of hydrogen-bond donors (Lipinski definition) is 0. The molecule has 0 aromatic rings. The molecule has 1 unspecified atom stereocenters. The lowest BCUT2D eigenvalue weighted by Gasteiger charge is -2.26. The average Bonchev–Trinajstić information content (AvgIpc) is 1.98. The smallest absolute Gasteiger partial charge is 0.0591 e. The number of likely N-dealkylation sites (N-methyl/N-ethyl adjacent to an activating group) is 2. The molecule has 3 heteroatoms. The fourth-order valence-electron chi connectivity index (χ4n) is 1.05. The van der Waals surface area contributed by atoms with Crippen LogP contribution in [0, 0.1) is 0 Å². The van der Waals surface area contributed by atoms with Gasteiger partial charge >= 0.3 is 0 Å². The van der Waals surface area contributed by atoms with Crippen LogP contribution in [0.15, 0.2) is 5.10 Å². The Morgan fingerprint density at radius 3 is 2.18 bits per heavy atom. The maximum absolute atomic E-state index is 3.87. The van der Waals surface area contributed by atoms with Gasteiger partial charge in [0.15, 0.2) is 0 Å². The summed E-state index contributed by atoms with van der Waals surface area (Å²) in [4.78, 5) is 2.16. The topological polar surface area (TPSA) is 18.8 Å². The molecule has 0 rings (SSSR count). The number of nitrogens with zero attached hydrogens (tertiary/aromatic N) is 3. The Morgan fingerprint density at radius 1 is 1.36 bits per heavy atom. The van der Waals surface area contributed by atoms with E-state index in [-0.39, 0.29) is 0 Å². The molecule has 0 aromatic heterocycles. The van der Waals surface area contributed by atoms with Gasteiger partial charge in [0.1, 0.15) is 0 Å². The predicted molar refractivity (Wildman–Crippen MR) is 49.9 cm³/mol. The van der Waals surface area contributed by atoms with Gasteiger partial charge in [0, 0.05) is 20.3 Å². The summed E-state index contributed by atoms with van der Waals surface area (Å²) in [5, 5.41) is 5.79. The summed E-state index contributed by atoms with van der Waals surface area (Å²) in [5.74, 6) is 0. The zero-order valence-electron chi connectivity index (χ0n) is 8.04. The molecule has 0 heterocycles. The van der Waals surface area contributed by atoms with Gasteiger partial charge in [0.25, 0.3) is 0 Å². The molecule has 0 saturated heterocycles. The lowest BCUT2D eigenvalue weighted by Crippen LogP contribution is -2.36. The molecule has 0 fully saturated rings. The van der Waals surface area contributed by atoms with Crippen molar-refractivity contribution in [2.24, 2.45) is 5.10 Å². The lowest BCUT2D eigenvalue weighted by atomic mass is 10.2. The van der Waals surface area contributed by atoms with Crippen LogP contribution >= 0.6 is 0 Å². The first-order valence-corrected chi connectivity index (χ1v) is 3.96. The molecule has 0 saturated carbocycles. The normalized spacial score (nSPS) is 13.2. The van der Waals surface area contributed by atoms with Gasteiger partial charge in [-0.25, -0.2) is 0 Å². The quantitative estimate of drug-likeness (QED) is 0.435. The van der Waals surface area contributed by atoms with Crippen molar-refractivity contribution in [2.75, 3.05) is 27.7 Å². The maximum atomic E-state index is 3.87. The fraction of sp³-hybridized carbons (Fsp3) is 0.875. The Kier molecular flexibility index (Phi) is 4.86. The van der Waals surface area contributed by atoms with Crippen LogP contribution in [0.1, 0.15) is 13.3 Å². The summed E-state index contributed by atoms with van der Waals surface area (Å²) in [6.07, 6.45) is 1.10. The molecule has 0 amide bonds. The van der Waals surface area contributed by atoms with Crippen molar-refractivity contribution in [2.45, 2.75) is 19.4 Å². The minimum Gasteiger partial charge on any atom is -0.307 e. The molecule has 66 valence electrons. The minimum absolute atomic E-state index is 0.488. The van der Waals surface area contributed by atoms with Crippen LogP contribution in [-0.2, 0) is 0 Å². The lowest BCUT2D eigenvalue weighted by molar-refractivity contribution is 0.198. The van der Waals surface area contributed by atoms with E-state index in [1.807, 2.05) is 12.1 Å². The van der Waals surface area contributed by atoms with Gasteiger partial charge in [0.05, 0.1) is 6.04 Å². The Bertz CT molecular complexity index is 112. The SMILES string of the molecule is C=NN(C)C(CC)CN(C)C. The highest BCUT2D eigenvalue weighted by atomic mass is 15.4. The summed E-state index contributed by atoms with van der Waals surface area (Å²) in [5.41, 5.74) is 0. The van der Waals surface area contributed by atoms with Crippen molar-refractivity contribution >= 4 is 6.72 Å². The van der Waals surface area contributed by atoms with E-state index in [9.17, 15) is 0 Å². The Hall–Kier alpha value is -0.570. The molecule has 0 aliphatic rings. The molecule has 1 atom stereocenters. The monoisotopic (exact) mass is 157 g/mol.